The Bertz CT molecular complexity index is 987. The third kappa shape index (κ3) is 5.41. The Labute approximate surface area is 185 Å². The Morgan fingerprint density at radius 1 is 0.875 bits per heavy atom. The minimum atomic E-state index is -4.44. The van der Waals surface area contributed by atoms with Crippen LogP contribution >= 0.6 is 0 Å². The molecule has 0 saturated carbocycles. The van der Waals surface area contributed by atoms with E-state index in [1.54, 1.807) is 9.80 Å². The average molecular weight is 448 g/mol. The van der Waals surface area contributed by atoms with Gasteiger partial charge in [-0.15, -0.1) is 0 Å². The Morgan fingerprint density at radius 3 is 2.12 bits per heavy atom. The first-order valence-corrected chi connectivity index (χ1v) is 10.5. The van der Waals surface area contributed by atoms with Gasteiger partial charge in [0.15, 0.2) is 6.61 Å². The van der Waals surface area contributed by atoms with Crippen LogP contribution in [0.5, 0.6) is 5.75 Å². The van der Waals surface area contributed by atoms with Gasteiger partial charge in [0.25, 0.3) is 11.8 Å². The van der Waals surface area contributed by atoms with Crippen LogP contribution in [0.4, 0.5) is 13.2 Å². The van der Waals surface area contributed by atoms with E-state index in [4.69, 9.17) is 4.74 Å². The standard InChI is InChI=1S/C24H27F3N2O3/c1-16-5-6-17(2)22(18(16)3)32-15-21(30)28-11-4-12-29(14-13-28)23(31)19-7-9-20(10-8-19)24(25,26)27/h5-10H,4,11-15H2,1-3H3. The van der Waals surface area contributed by atoms with E-state index in [0.29, 0.717) is 38.3 Å². The van der Waals surface area contributed by atoms with Crippen LogP contribution < -0.4 is 4.74 Å². The summed E-state index contributed by atoms with van der Waals surface area (Å²) in [7, 11) is 0. The largest absolute Gasteiger partial charge is 0.483 e. The number of hydrogen-bond donors (Lipinski definition) is 0. The minimum Gasteiger partial charge on any atom is -0.483 e. The molecule has 0 bridgehead atoms. The molecule has 0 radical (unpaired) electrons. The summed E-state index contributed by atoms with van der Waals surface area (Å²) in [5.74, 6) is 0.219. The van der Waals surface area contributed by atoms with Crippen molar-refractivity contribution in [3.8, 4) is 5.75 Å². The summed E-state index contributed by atoms with van der Waals surface area (Å²) in [6, 6.07) is 8.18. The Balaban J connectivity index is 1.58. The molecule has 0 atom stereocenters. The monoisotopic (exact) mass is 448 g/mol. The predicted octanol–water partition coefficient (Wildman–Crippen LogP) is 4.38. The van der Waals surface area contributed by atoms with Gasteiger partial charge in [-0.1, -0.05) is 12.1 Å². The van der Waals surface area contributed by atoms with Crippen molar-refractivity contribution >= 4 is 11.8 Å². The van der Waals surface area contributed by atoms with Crippen LogP contribution in [0.2, 0.25) is 0 Å². The van der Waals surface area contributed by atoms with Gasteiger partial charge in [0.05, 0.1) is 5.56 Å². The molecule has 1 aliphatic rings. The molecular weight excluding hydrogens is 421 g/mol. The van der Waals surface area contributed by atoms with Gasteiger partial charge < -0.3 is 14.5 Å². The van der Waals surface area contributed by atoms with Crippen LogP contribution in [0.25, 0.3) is 0 Å². The molecule has 1 fully saturated rings. The molecule has 8 heteroatoms. The van der Waals surface area contributed by atoms with E-state index in [-0.39, 0.29) is 24.0 Å². The first kappa shape index (κ1) is 23.6. The SMILES string of the molecule is Cc1ccc(C)c(OCC(=O)N2CCCN(C(=O)c3ccc(C(F)(F)F)cc3)CC2)c1C. The molecule has 172 valence electrons. The first-order chi connectivity index (χ1) is 15.1. The molecule has 0 spiro atoms. The lowest BCUT2D eigenvalue weighted by molar-refractivity contribution is -0.137. The number of nitrogens with zero attached hydrogens (tertiary/aromatic N) is 2. The highest BCUT2D eigenvalue weighted by atomic mass is 19.4. The van der Waals surface area contributed by atoms with E-state index in [0.717, 1.165) is 28.8 Å². The maximum atomic E-state index is 12.7. The maximum Gasteiger partial charge on any atom is 0.416 e. The molecule has 0 unspecified atom stereocenters. The molecule has 0 aromatic heterocycles. The quantitative estimate of drug-likeness (QED) is 0.698. The number of amides is 2. The summed E-state index contributed by atoms with van der Waals surface area (Å²) < 4.78 is 44.0. The zero-order valence-electron chi connectivity index (χ0n) is 18.5. The van der Waals surface area contributed by atoms with Crippen molar-refractivity contribution < 1.29 is 27.5 Å². The number of benzene rings is 2. The van der Waals surface area contributed by atoms with E-state index < -0.39 is 11.7 Å². The molecule has 5 nitrogen and oxygen atoms in total. The molecule has 2 amide bonds. The van der Waals surface area contributed by atoms with Gasteiger partial charge in [-0.3, -0.25) is 9.59 Å². The highest BCUT2D eigenvalue weighted by Crippen LogP contribution is 2.29. The van der Waals surface area contributed by atoms with Crippen LogP contribution in [-0.4, -0.2) is 54.4 Å². The second-order valence-corrected chi connectivity index (χ2v) is 8.04. The van der Waals surface area contributed by atoms with E-state index >= 15 is 0 Å². The van der Waals surface area contributed by atoms with Gasteiger partial charge in [0.2, 0.25) is 0 Å². The Morgan fingerprint density at radius 2 is 1.47 bits per heavy atom. The van der Waals surface area contributed by atoms with E-state index in [2.05, 4.69) is 0 Å². The molecule has 2 aromatic carbocycles. The number of carbonyl (C=O) groups excluding carboxylic acids is 2. The van der Waals surface area contributed by atoms with Gasteiger partial charge in [0.1, 0.15) is 5.75 Å². The van der Waals surface area contributed by atoms with Crippen LogP contribution in [0, 0.1) is 20.8 Å². The van der Waals surface area contributed by atoms with Crippen molar-refractivity contribution in [1.82, 2.24) is 9.80 Å². The van der Waals surface area contributed by atoms with Gasteiger partial charge in [0, 0.05) is 31.7 Å². The van der Waals surface area contributed by atoms with Crippen molar-refractivity contribution in [1.29, 1.82) is 0 Å². The smallest absolute Gasteiger partial charge is 0.416 e. The van der Waals surface area contributed by atoms with Crippen LogP contribution in [0.15, 0.2) is 36.4 Å². The maximum absolute atomic E-state index is 12.7. The number of alkyl halides is 3. The molecule has 32 heavy (non-hydrogen) atoms. The minimum absolute atomic E-state index is 0.0853. The summed E-state index contributed by atoms with van der Waals surface area (Å²) in [4.78, 5) is 28.7. The van der Waals surface area contributed by atoms with Crippen molar-refractivity contribution in [2.75, 3.05) is 32.8 Å². The molecule has 0 N–H and O–H groups in total. The second-order valence-electron chi connectivity index (χ2n) is 8.04. The number of ether oxygens (including phenoxy) is 1. The predicted molar refractivity (Wildman–Crippen MR) is 115 cm³/mol. The number of halogens is 3. The lowest BCUT2D eigenvalue weighted by Gasteiger charge is -2.23. The third-order valence-electron chi connectivity index (χ3n) is 5.81. The van der Waals surface area contributed by atoms with Crippen LogP contribution in [0.1, 0.15) is 39.0 Å². The summed E-state index contributed by atoms with van der Waals surface area (Å²) in [6.07, 6.45) is -3.86. The molecule has 1 aliphatic heterocycles. The molecule has 0 aliphatic carbocycles. The fraction of sp³-hybridized carbons (Fsp3) is 0.417. The van der Waals surface area contributed by atoms with Crippen molar-refractivity contribution in [2.45, 2.75) is 33.4 Å². The molecule has 1 saturated heterocycles. The van der Waals surface area contributed by atoms with Gasteiger partial charge in [-0.25, -0.2) is 0 Å². The van der Waals surface area contributed by atoms with Gasteiger partial charge >= 0.3 is 6.18 Å². The van der Waals surface area contributed by atoms with Crippen LogP contribution in [0.3, 0.4) is 0 Å². The van der Waals surface area contributed by atoms with E-state index in [1.165, 1.54) is 12.1 Å². The van der Waals surface area contributed by atoms with Crippen molar-refractivity contribution in [3.05, 3.63) is 64.2 Å². The molecule has 1 heterocycles. The summed E-state index contributed by atoms with van der Waals surface area (Å²) in [5, 5.41) is 0. The van der Waals surface area contributed by atoms with E-state index in [9.17, 15) is 22.8 Å². The zero-order chi connectivity index (χ0) is 23.5. The van der Waals surface area contributed by atoms with Gasteiger partial charge in [-0.2, -0.15) is 13.2 Å². The normalized spacial score (nSPS) is 14.8. The lowest BCUT2D eigenvalue weighted by Crippen LogP contribution is -2.39. The topological polar surface area (TPSA) is 49.9 Å². The highest BCUT2D eigenvalue weighted by Gasteiger charge is 2.30. The van der Waals surface area contributed by atoms with Crippen molar-refractivity contribution in [2.24, 2.45) is 0 Å². The summed E-state index contributed by atoms with van der Waals surface area (Å²) in [5.41, 5.74) is 2.46. The number of aryl methyl sites for hydroxylation is 2. The lowest BCUT2D eigenvalue weighted by atomic mass is 10.1. The second kappa shape index (κ2) is 9.63. The fourth-order valence-corrected chi connectivity index (χ4v) is 3.73. The Kier molecular flexibility index (Phi) is 7.11. The fourth-order valence-electron chi connectivity index (χ4n) is 3.73. The zero-order valence-corrected chi connectivity index (χ0v) is 18.5. The molecule has 2 aromatic rings. The van der Waals surface area contributed by atoms with Gasteiger partial charge in [-0.05, 0) is 68.1 Å². The Hall–Kier alpha value is -3.03. The van der Waals surface area contributed by atoms with E-state index in [1.807, 2.05) is 32.9 Å². The van der Waals surface area contributed by atoms with Crippen molar-refractivity contribution in [3.63, 3.8) is 0 Å². The summed E-state index contributed by atoms with van der Waals surface area (Å²) >= 11 is 0. The number of hydrogen-bond acceptors (Lipinski definition) is 3. The number of carbonyl (C=O) groups is 2. The third-order valence-corrected chi connectivity index (χ3v) is 5.81. The molecule has 3 rings (SSSR count). The average Bonchev–Trinajstić information content (AvgIpc) is 3.01. The van der Waals surface area contributed by atoms with Crippen LogP contribution in [-0.2, 0) is 11.0 Å². The highest BCUT2D eigenvalue weighted by molar-refractivity contribution is 5.94. The first-order valence-electron chi connectivity index (χ1n) is 10.5. The molecular formula is C24H27F3N2O3. The summed E-state index contributed by atoms with van der Waals surface area (Å²) in [6.45, 7) is 7.38. The number of rotatable bonds is 4.